The lowest BCUT2D eigenvalue weighted by Gasteiger charge is -2.39. The highest BCUT2D eigenvalue weighted by Crippen LogP contribution is 2.22. The molecule has 1 saturated carbocycles. The maximum atomic E-state index is 12.5. The van der Waals surface area contributed by atoms with Gasteiger partial charge in [-0.25, -0.2) is 9.67 Å². The van der Waals surface area contributed by atoms with Crippen LogP contribution in [0.25, 0.3) is 11.3 Å². The van der Waals surface area contributed by atoms with E-state index in [0.717, 1.165) is 17.0 Å². The molecule has 5 rings (SSSR count). The first-order valence-electron chi connectivity index (χ1n) is 12.7. The molecule has 0 spiro atoms. The molecule has 39 heavy (non-hydrogen) atoms. The average Bonchev–Trinajstić information content (AvgIpc) is 3.60. The molecule has 1 aliphatic carbocycles. The molecule has 1 fully saturated rings. The number of nitrogens with two attached hydrogens (primary N) is 2. The normalized spacial score (nSPS) is 23.0. The Morgan fingerprint density at radius 1 is 1.05 bits per heavy atom. The molecule has 204 valence electrons. The number of hydrogen-bond donors (Lipinski definition) is 5. The number of nitrogens with one attached hydrogen (secondary N) is 1. The van der Waals surface area contributed by atoms with Gasteiger partial charge in [0, 0.05) is 35.1 Å². The van der Waals surface area contributed by atoms with Gasteiger partial charge in [0.1, 0.15) is 17.9 Å². The van der Waals surface area contributed by atoms with Crippen LogP contribution in [0.3, 0.4) is 0 Å². The van der Waals surface area contributed by atoms with E-state index in [9.17, 15) is 15.0 Å². The second kappa shape index (κ2) is 11.8. The van der Waals surface area contributed by atoms with Crippen molar-refractivity contribution in [1.29, 1.82) is 0 Å². The third kappa shape index (κ3) is 6.38. The number of anilines is 1. The highest BCUT2D eigenvalue weighted by Gasteiger charge is 2.41. The summed E-state index contributed by atoms with van der Waals surface area (Å²) in [6.45, 7) is 1.11. The van der Waals surface area contributed by atoms with Crippen molar-refractivity contribution < 1.29 is 19.7 Å². The second-order valence-electron chi connectivity index (χ2n) is 9.69. The topological polar surface area (TPSA) is 179 Å². The standard InChI is InChI=1S/C27H32N8O4/c28-21-12-22(29)26(25(37)24(21)36)39-10-9-35-14-20(32-33-35)13-34-15-23(30-16-34)18-7-4-8-19(11-18)31-27(38)17-5-2-1-3-6-17/h1-8,11,14-16,21-22,24-26,36-37H,9-10,12-13,28-29H2,(H,31,38)/t21-,22+,24+,25-,26-/m1/s1. The van der Waals surface area contributed by atoms with Crippen molar-refractivity contribution in [3.8, 4) is 11.3 Å². The Morgan fingerprint density at radius 3 is 2.69 bits per heavy atom. The third-order valence-corrected chi connectivity index (χ3v) is 6.74. The minimum atomic E-state index is -1.13. The fourth-order valence-electron chi connectivity index (χ4n) is 4.65. The summed E-state index contributed by atoms with van der Waals surface area (Å²) in [5, 5.41) is 31.5. The summed E-state index contributed by atoms with van der Waals surface area (Å²) in [5.41, 5.74) is 15.5. The first-order valence-corrected chi connectivity index (χ1v) is 12.7. The Kier molecular flexibility index (Phi) is 8.10. The van der Waals surface area contributed by atoms with E-state index in [1.807, 2.05) is 59.4 Å². The Bertz CT molecular complexity index is 1390. The number of imidazole rings is 1. The van der Waals surface area contributed by atoms with Gasteiger partial charge in [-0.3, -0.25) is 4.79 Å². The average molecular weight is 533 g/mol. The number of hydrogen-bond acceptors (Lipinski definition) is 9. The zero-order valence-corrected chi connectivity index (χ0v) is 21.2. The monoisotopic (exact) mass is 532 g/mol. The molecule has 0 bridgehead atoms. The Balaban J connectivity index is 1.15. The number of aliphatic hydroxyl groups excluding tert-OH is 2. The molecule has 12 heteroatoms. The highest BCUT2D eigenvalue weighted by molar-refractivity contribution is 6.04. The van der Waals surface area contributed by atoms with Gasteiger partial charge in [0.15, 0.2) is 0 Å². The van der Waals surface area contributed by atoms with Crippen LogP contribution in [0.5, 0.6) is 0 Å². The van der Waals surface area contributed by atoms with E-state index in [-0.39, 0.29) is 12.5 Å². The molecule has 12 nitrogen and oxygen atoms in total. The molecule has 2 heterocycles. The molecule has 7 N–H and O–H groups in total. The summed E-state index contributed by atoms with van der Waals surface area (Å²) in [6, 6.07) is 15.5. The molecule has 0 saturated heterocycles. The molecule has 1 amide bonds. The Hall–Kier alpha value is -3.94. The predicted octanol–water partition coefficient (Wildman–Crippen LogP) is 0.608. The first-order chi connectivity index (χ1) is 18.9. The lowest BCUT2D eigenvalue weighted by Crippen LogP contribution is -2.62. The molecular formula is C27H32N8O4. The lowest BCUT2D eigenvalue weighted by molar-refractivity contribution is -0.128. The van der Waals surface area contributed by atoms with Crippen molar-refractivity contribution in [1.82, 2.24) is 24.5 Å². The lowest BCUT2D eigenvalue weighted by atomic mass is 9.85. The molecule has 1 aliphatic rings. The van der Waals surface area contributed by atoms with Crippen LogP contribution >= 0.6 is 0 Å². The van der Waals surface area contributed by atoms with E-state index in [2.05, 4.69) is 20.6 Å². The van der Waals surface area contributed by atoms with E-state index in [1.54, 1.807) is 23.1 Å². The Morgan fingerprint density at radius 2 is 1.87 bits per heavy atom. The second-order valence-corrected chi connectivity index (χ2v) is 9.69. The molecular weight excluding hydrogens is 500 g/mol. The van der Waals surface area contributed by atoms with Gasteiger partial charge in [0.2, 0.25) is 0 Å². The van der Waals surface area contributed by atoms with Crippen LogP contribution in [-0.4, -0.2) is 77.7 Å². The van der Waals surface area contributed by atoms with Gasteiger partial charge in [0.05, 0.1) is 44.0 Å². The van der Waals surface area contributed by atoms with Gasteiger partial charge >= 0.3 is 0 Å². The van der Waals surface area contributed by atoms with Crippen LogP contribution < -0.4 is 16.8 Å². The van der Waals surface area contributed by atoms with Crippen molar-refractivity contribution >= 4 is 11.6 Å². The van der Waals surface area contributed by atoms with Crippen molar-refractivity contribution in [2.75, 3.05) is 11.9 Å². The van der Waals surface area contributed by atoms with Crippen molar-refractivity contribution in [2.45, 2.75) is 49.9 Å². The number of carbonyl (C=O) groups excluding carboxylic acids is 1. The van der Waals surface area contributed by atoms with E-state index >= 15 is 0 Å². The van der Waals surface area contributed by atoms with Gasteiger partial charge < -0.3 is 36.3 Å². The number of nitrogens with zero attached hydrogens (tertiary/aromatic N) is 5. The van der Waals surface area contributed by atoms with Crippen molar-refractivity contribution in [3.05, 3.63) is 84.6 Å². The fraction of sp³-hybridized carbons (Fsp3) is 0.333. The van der Waals surface area contributed by atoms with Crippen LogP contribution in [0.4, 0.5) is 5.69 Å². The zero-order valence-electron chi connectivity index (χ0n) is 21.2. The van der Waals surface area contributed by atoms with Gasteiger partial charge in [-0.2, -0.15) is 0 Å². The summed E-state index contributed by atoms with van der Waals surface area (Å²) in [6.07, 6.45) is 2.91. The van der Waals surface area contributed by atoms with Gasteiger partial charge in [-0.05, 0) is 30.7 Å². The maximum absolute atomic E-state index is 12.5. The molecule has 4 aromatic rings. The summed E-state index contributed by atoms with van der Waals surface area (Å²) in [5.74, 6) is -0.175. The third-order valence-electron chi connectivity index (χ3n) is 6.74. The van der Waals surface area contributed by atoms with Crippen LogP contribution in [0.15, 0.2) is 73.3 Å². The number of rotatable bonds is 9. The fourth-order valence-corrected chi connectivity index (χ4v) is 4.65. The summed E-state index contributed by atoms with van der Waals surface area (Å²) >= 11 is 0. The van der Waals surface area contributed by atoms with E-state index in [1.165, 1.54) is 0 Å². The smallest absolute Gasteiger partial charge is 0.255 e. The van der Waals surface area contributed by atoms with E-state index in [0.29, 0.717) is 30.8 Å². The molecule has 0 radical (unpaired) electrons. The summed E-state index contributed by atoms with van der Waals surface area (Å²) in [7, 11) is 0. The highest BCUT2D eigenvalue weighted by atomic mass is 16.5. The SMILES string of the molecule is N[C@@H]1C[C@H](N)[C@@H](OCCn2cc(Cn3cnc(-c4cccc(NC(=O)c5ccccc5)c4)c3)nn2)[C@H](O)[C@H]1O. The van der Waals surface area contributed by atoms with Crippen LogP contribution in [0, 0.1) is 0 Å². The quantitative estimate of drug-likeness (QED) is 0.206. The van der Waals surface area contributed by atoms with Crippen molar-refractivity contribution in [2.24, 2.45) is 11.5 Å². The zero-order chi connectivity index (χ0) is 27.4. The molecule has 2 aromatic heterocycles. The first kappa shape index (κ1) is 26.7. The van der Waals surface area contributed by atoms with Crippen LogP contribution in [-0.2, 0) is 17.8 Å². The maximum Gasteiger partial charge on any atom is 0.255 e. The number of carbonyl (C=O) groups is 1. The van der Waals surface area contributed by atoms with E-state index < -0.39 is 30.4 Å². The van der Waals surface area contributed by atoms with Gasteiger partial charge in [0.25, 0.3) is 5.91 Å². The van der Waals surface area contributed by atoms with Crippen molar-refractivity contribution in [3.63, 3.8) is 0 Å². The number of amides is 1. The summed E-state index contributed by atoms with van der Waals surface area (Å²) < 4.78 is 9.30. The minimum absolute atomic E-state index is 0.175. The summed E-state index contributed by atoms with van der Waals surface area (Å²) in [4.78, 5) is 17.0. The molecule has 5 atom stereocenters. The number of benzene rings is 2. The van der Waals surface area contributed by atoms with Gasteiger partial charge in [-0.15, -0.1) is 5.10 Å². The molecule has 0 aliphatic heterocycles. The number of aliphatic hydroxyl groups is 2. The van der Waals surface area contributed by atoms with E-state index in [4.69, 9.17) is 16.2 Å². The Labute approximate surface area is 225 Å². The molecule has 2 aromatic carbocycles. The van der Waals surface area contributed by atoms with Crippen LogP contribution in [0.1, 0.15) is 22.5 Å². The largest absolute Gasteiger partial charge is 0.389 e. The molecule has 0 unspecified atom stereocenters. The minimum Gasteiger partial charge on any atom is -0.389 e. The number of ether oxygens (including phenoxy) is 1. The predicted molar refractivity (Wildman–Crippen MR) is 144 cm³/mol. The van der Waals surface area contributed by atoms with Crippen LogP contribution in [0.2, 0.25) is 0 Å². The number of aromatic nitrogens is 5. The van der Waals surface area contributed by atoms with Gasteiger partial charge in [-0.1, -0.05) is 35.5 Å².